The maximum absolute atomic E-state index is 10.2. The van der Waals surface area contributed by atoms with Gasteiger partial charge in [-0.25, -0.2) is 4.79 Å². The average Bonchev–Trinajstić information content (AvgIpc) is 2.58. The van der Waals surface area contributed by atoms with Gasteiger partial charge in [0.1, 0.15) is 5.75 Å². The van der Waals surface area contributed by atoms with Gasteiger partial charge in [0.15, 0.2) is 0 Å². The molecule has 0 radical (unpaired) electrons. The lowest BCUT2D eigenvalue weighted by Crippen LogP contribution is -1.84. The first kappa shape index (κ1) is 19.7. The summed E-state index contributed by atoms with van der Waals surface area (Å²) in [5.74, 6) is -0.657. The van der Waals surface area contributed by atoms with E-state index in [9.17, 15) is 9.90 Å². The fourth-order valence-corrected chi connectivity index (χ4v) is 1.76. The van der Waals surface area contributed by atoms with Crippen LogP contribution < -0.4 is 0 Å². The van der Waals surface area contributed by atoms with Crippen LogP contribution in [0.15, 0.2) is 97.2 Å². The van der Waals surface area contributed by atoms with Gasteiger partial charge in [-0.3, -0.25) is 0 Å². The van der Waals surface area contributed by atoms with E-state index < -0.39 is 5.97 Å². The summed E-state index contributed by atoms with van der Waals surface area (Å²) in [6.07, 6.45) is 24.9. The number of carboxylic acid groups (broad SMARTS) is 1. The molecule has 0 fully saturated rings. The van der Waals surface area contributed by atoms with Crippen molar-refractivity contribution in [3.05, 3.63) is 108 Å². The van der Waals surface area contributed by atoms with E-state index in [-0.39, 0.29) is 0 Å². The fraction of sp³-hybridized carbons (Fsp3) is 0.0455. The van der Waals surface area contributed by atoms with Crippen LogP contribution in [-0.2, 0) is 4.79 Å². The van der Waals surface area contributed by atoms with Crippen molar-refractivity contribution >= 4 is 12.0 Å². The van der Waals surface area contributed by atoms with Gasteiger partial charge >= 0.3 is 5.97 Å². The zero-order valence-corrected chi connectivity index (χ0v) is 14.1. The molecular weight excluding hydrogens is 312 g/mol. The number of aliphatic carboxylic acids is 1. The molecule has 0 spiro atoms. The molecule has 3 heteroatoms. The first-order valence-electron chi connectivity index (χ1n) is 7.81. The Morgan fingerprint density at radius 2 is 1.28 bits per heavy atom. The summed E-state index contributed by atoms with van der Waals surface area (Å²) >= 11 is 0. The van der Waals surface area contributed by atoms with E-state index in [1.54, 1.807) is 18.2 Å². The van der Waals surface area contributed by atoms with E-state index in [1.165, 1.54) is 6.08 Å². The molecule has 0 saturated carbocycles. The fourth-order valence-electron chi connectivity index (χ4n) is 1.76. The van der Waals surface area contributed by atoms with Gasteiger partial charge in [-0.15, -0.1) is 0 Å². The molecule has 0 bridgehead atoms. The standard InChI is InChI=1S/C22H22O3/c1-19-20(16-14-17-21(19)23)15-12-10-8-6-4-2-3-5-7-9-11-13-18-22(24)25/h2-18,23H,1H3,(H,24,25). The van der Waals surface area contributed by atoms with Gasteiger partial charge in [0.2, 0.25) is 0 Å². The van der Waals surface area contributed by atoms with Crippen LogP contribution in [0.2, 0.25) is 0 Å². The van der Waals surface area contributed by atoms with Gasteiger partial charge < -0.3 is 10.2 Å². The van der Waals surface area contributed by atoms with Gasteiger partial charge in [-0.1, -0.05) is 91.1 Å². The Morgan fingerprint density at radius 3 is 1.80 bits per heavy atom. The second kappa shape index (κ2) is 12.1. The summed E-state index contributed by atoms with van der Waals surface area (Å²) in [4.78, 5) is 10.2. The topological polar surface area (TPSA) is 57.5 Å². The Labute approximate surface area is 148 Å². The van der Waals surface area contributed by atoms with Crippen LogP contribution in [-0.4, -0.2) is 16.2 Å². The second-order valence-corrected chi connectivity index (χ2v) is 4.97. The van der Waals surface area contributed by atoms with Crippen LogP contribution in [0, 0.1) is 6.92 Å². The third kappa shape index (κ3) is 9.41. The highest BCUT2D eigenvalue weighted by Crippen LogP contribution is 2.20. The van der Waals surface area contributed by atoms with Gasteiger partial charge in [0, 0.05) is 6.08 Å². The normalized spacial score (nSPS) is 13.2. The number of hydrogen-bond donors (Lipinski definition) is 2. The molecule has 0 unspecified atom stereocenters. The first-order valence-corrected chi connectivity index (χ1v) is 7.81. The summed E-state index contributed by atoms with van der Waals surface area (Å²) < 4.78 is 0. The Kier molecular flexibility index (Phi) is 9.57. The Bertz CT molecular complexity index is 757. The van der Waals surface area contributed by atoms with Crippen LogP contribution in [0.25, 0.3) is 6.08 Å². The van der Waals surface area contributed by atoms with Crippen molar-refractivity contribution < 1.29 is 15.0 Å². The molecule has 1 aromatic carbocycles. The van der Waals surface area contributed by atoms with E-state index in [0.717, 1.165) is 17.2 Å². The molecule has 128 valence electrons. The number of carbonyl (C=O) groups is 1. The quantitative estimate of drug-likeness (QED) is 0.511. The zero-order chi connectivity index (χ0) is 18.3. The van der Waals surface area contributed by atoms with Crippen LogP contribution in [0.1, 0.15) is 11.1 Å². The molecule has 0 aliphatic carbocycles. The minimum Gasteiger partial charge on any atom is -0.508 e. The van der Waals surface area contributed by atoms with E-state index in [1.807, 2.05) is 79.8 Å². The number of rotatable bonds is 8. The van der Waals surface area contributed by atoms with E-state index >= 15 is 0 Å². The first-order chi connectivity index (χ1) is 12.1. The number of hydrogen-bond acceptors (Lipinski definition) is 2. The SMILES string of the molecule is Cc1c(O)cccc1C=CC=CC=CC=CC=CC=CC=CC(=O)O. The molecule has 0 aliphatic rings. The van der Waals surface area contributed by atoms with Crippen molar-refractivity contribution in [3.8, 4) is 5.75 Å². The molecular formula is C22H22O3. The van der Waals surface area contributed by atoms with Gasteiger partial charge in [0.25, 0.3) is 0 Å². The summed E-state index contributed by atoms with van der Waals surface area (Å²) in [6.45, 7) is 1.88. The van der Waals surface area contributed by atoms with Crippen molar-refractivity contribution in [1.29, 1.82) is 0 Å². The molecule has 0 heterocycles. The van der Waals surface area contributed by atoms with Crippen LogP contribution in [0.5, 0.6) is 5.75 Å². The smallest absolute Gasteiger partial charge is 0.328 e. The Hall–Kier alpha value is -3.33. The summed E-state index contributed by atoms with van der Waals surface area (Å²) in [5.41, 5.74) is 1.86. The van der Waals surface area contributed by atoms with Gasteiger partial charge in [-0.05, 0) is 24.1 Å². The molecule has 0 atom stereocenters. The predicted molar refractivity (Wildman–Crippen MR) is 104 cm³/mol. The number of allylic oxidation sites excluding steroid dienone is 12. The second-order valence-electron chi connectivity index (χ2n) is 4.97. The van der Waals surface area contributed by atoms with Crippen molar-refractivity contribution in [2.75, 3.05) is 0 Å². The average molecular weight is 334 g/mol. The van der Waals surface area contributed by atoms with E-state index in [4.69, 9.17) is 5.11 Å². The van der Waals surface area contributed by atoms with E-state index in [0.29, 0.717) is 5.75 Å². The molecule has 2 N–H and O–H groups in total. The summed E-state index contributed by atoms with van der Waals surface area (Å²) in [7, 11) is 0. The highest BCUT2D eigenvalue weighted by atomic mass is 16.4. The minimum absolute atomic E-state index is 0.303. The number of phenols is 1. The Balaban J connectivity index is 2.35. The zero-order valence-electron chi connectivity index (χ0n) is 14.1. The molecule has 3 nitrogen and oxygen atoms in total. The highest BCUT2D eigenvalue weighted by Gasteiger charge is 1.97. The largest absolute Gasteiger partial charge is 0.508 e. The van der Waals surface area contributed by atoms with Gasteiger partial charge in [0.05, 0.1) is 0 Å². The van der Waals surface area contributed by atoms with Crippen LogP contribution in [0.3, 0.4) is 0 Å². The summed E-state index contributed by atoms with van der Waals surface area (Å²) in [6, 6.07) is 5.45. The van der Waals surface area contributed by atoms with E-state index in [2.05, 4.69) is 0 Å². The molecule has 1 rings (SSSR count). The molecule has 25 heavy (non-hydrogen) atoms. The molecule has 1 aromatic rings. The number of carboxylic acids is 1. The molecule has 0 amide bonds. The van der Waals surface area contributed by atoms with Gasteiger partial charge in [-0.2, -0.15) is 0 Å². The van der Waals surface area contributed by atoms with Crippen molar-refractivity contribution in [3.63, 3.8) is 0 Å². The third-order valence-electron chi connectivity index (χ3n) is 3.08. The lowest BCUT2D eigenvalue weighted by molar-refractivity contribution is -0.131. The van der Waals surface area contributed by atoms with Crippen molar-refractivity contribution in [2.45, 2.75) is 6.92 Å². The highest BCUT2D eigenvalue weighted by molar-refractivity contribution is 5.80. The Morgan fingerprint density at radius 1 is 0.800 bits per heavy atom. The lowest BCUT2D eigenvalue weighted by atomic mass is 10.1. The molecule has 0 aromatic heterocycles. The van der Waals surface area contributed by atoms with Crippen LogP contribution >= 0.6 is 0 Å². The monoisotopic (exact) mass is 334 g/mol. The lowest BCUT2D eigenvalue weighted by Gasteiger charge is -2.01. The minimum atomic E-state index is -0.960. The molecule has 0 saturated heterocycles. The maximum Gasteiger partial charge on any atom is 0.328 e. The number of aromatic hydroxyl groups is 1. The summed E-state index contributed by atoms with van der Waals surface area (Å²) in [5, 5.41) is 18.0. The maximum atomic E-state index is 10.2. The number of phenolic OH excluding ortho intramolecular Hbond substituents is 1. The third-order valence-corrected chi connectivity index (χ3v) is 3.08. The van der Waals surface area contributed by atoms with Crippen molar-refractivity contribution in [1.82, 2.24) is 0 Å². The molecule has 0 aliphatic heterocycles. The van der Waals surface area contributed by atoms with Crippen LogP contribution in [0.4, 0.5) is 0 Å². The predicted octanol–water partition coefficient (Wildman–Crippen LogP) is 5.14. The number of benzene rings is 1. The van der Waals surface area contributed by atoms with Crippen molar-refractivity contribution in [2.24, 2.45) is 0 Å².